The van der Waals surface area contributed by atoms with Gasteiger partial charge in [-0.15, -0.1) is 0 Å². The Morgan fingerprint density at radius 3 is 1.81 bits per heavy atom. The molecule has 3 aromatic carbocycles. The van der Waals surface area contributed by atoms with E-state index in [2.05, 4.69) is 45.0 Å². The van der Waals surface area contributed by atoms with Gasteiger partial charge in [0.25, 0.3) is 0 Å². The number of carbonyl (C=O) groups excluding carboxylic acids is 1. The number of hydrogen-bond donors (Lipinski definition) is 1. The smallest absolute Gasteiger partial charge is 0.508 e. The maximum Gasteiger partial charge on any atom is 0.514 e. The normalized spacial score (nSPS) is 14.5. The van der Waals surface area contributed by atoms with Gasteiger partial charge >= 0.3 is 6.16 Å². The molecular weight excluding hydrogens is 528 g/mol. The molecule has 0 aliphatic heterocycles. The van der Waals surface area contributed by atoms with Gasteiger partial charge in [-0.1, -0.05) is 57.2 Å². The van der Waals surface area contributed by atoms with Gasteiger partial charge in [0.2, 0.25) is 0 Å². The lowest BCUT2D eigenvalue weighted by atomic mass is 9.78. The SMILES string of the molecule is CCOC(CC)Oc1ccc(C(CC)CC(CC(C)c2ccc(O)cc2)c2ccc(OC(=O)OC(C)(C)C)cc2)cc1. The number of rotatable bonds is 14. The predicted octanol–water partition coefficient (Wildman–Crippen LogP) is 9.72. The Morgan fingerprint density at radius 2 is 1.29 bits per heavy atom. The quantitative estimate of drug-likeness (QED) is 0.117. The van der Waals surface area contributed by atoms with Gasteiger partial charge in [-0.2, -0.15) is 0 Å². The zero-order valence-corrected chi connectivity index (χ0v) is 26.3. The minimum absolute atomic E-state index is 0.240. The molecule has 0 bridgehead atoms. The minimum atomic E-state index is -0.710. The second kappa shape index (κ2) is 15.6. The lowest BCUT2D eigenvalue weighted by Crippen LogP contribution is -2.25. The Morgan fingerprint density at radius 1 is 0.738 bits per heavy atom. The molecule has 3 aromatic rings. The number of benzene rings is 3. The van der Waals surface area contributed by atoms with Gasteiger partial charge in [-0.05, 0) is 118 Å². The van der Waals surface area contributed by atoms with Crippen molar-refractivity contribution in [3.63, 3.8) is 0 Å². The van der Waals surface area contributed by atoms with Crippen LogP contribution in [-0.2, 0) is 9.47 Å². The number of ether oxygens (including phenoxy) is 4. The molecule has 0 saturated heterocycles. The number of phenolic OH excluding ortho intramolecular Hbond substituents is 1. The Balaban J connectivity index is 1.81. The molecule has 0 fully saturated rings. The van der Waals surface area contributed by atoms with Gasteiger partial charge in [-0.25, -0.2) is 4.79 Å². The van der Waals surface area contributed by atoms with Gasteiger partial charge in [0, 0.05) is 13.0 Å². The molecule has 0 saturated carbocycles. The third kappa shape index (κ3) is 10.4. The van der Waals surface area contributed by atoms with Crippen LogP contribution in [0.1, 0.15) is 109 Å². The monoisotopic (exact) mass is 576 g/mol. The first kappa shape index (κ1) is 33.0. The summed E-state index contributed by atoms with van der Waals surface area (Å²) in [4.78, 5) is 12.2. The molecular formula is C36H48O6. The maximum atomic E-state index is 12.2. The van der Waals surface area contributed by atoms with Crippen LogP contribution in [0, 0.1) is 0 Å². The summed E-state index contributed by atoms with van der Waals surface area (Å²) in [5, 5.41) is 9.77. The number of carbonyl (C=O) groups is 1. The molecule has 0 aromatic heterocycles. The molecule has 0 aliphatic rings. The lowest BCUT2D eigenvalue weighted by Gasteiger charge is -2.27. The second-order valence-electron chi connectivity index (χ2n) is 11.9. The summed E-state index contributed by atoms with van der Waals surface area (Å²) in [6.45, 7) is 14.5. The molecule has 0 amide bonds. The Hall–Kier alpha value is -3.51. The van der Waals surface area contributed by atoms with E-state index in [1.54, 1.807) is 12.1 Å². The highest BCUT2D eigenvalue weighted by Gasteiger charge is 2.23. The first-order valence-electron chi connectivity index (χ1n) is 15.2. The van der Waals surface area contributed by atoms with E-state index in [0.29, 0.717) is 18.3 Å². The van der Waals surface area contributed by atoms with E-state index in [9.17, 15) is 9.90 Å². The van der Waals surface area contributed by atoms with Gasteiger partial charge < -0.3 is 24.1 Å². The van der Waals surface area contributed by atoms with E-state index in [1.807, 2.05) is 64.1 Å². The van der Waals surface area contributed by atoms with Gasteiger partial charge in [-0.3, -0.25) is 0 Å². The summed E-state index contributed by atoms with van der Waals surface area (Å²) in [5.41, 5.74) is 3.05. The average Bonchev–Trinajstić information content (AvgIpc) is 2.95. The van der Waals surface area contributed by atoms with E-state index >= 15 is 0 Å². The van der Waals surface area contributed by atoms with Crippen molar-refractivity contribution in [2.24, 2.45) is 0 Å². The number of aromatic hydroxyl groups is 1. The van der Waals surface area contributed by atoms with Crippen LogP contribution >= 0.6 is 0 Å². The highest BCUT2D eigenvalue weighted by Crippen LogP contribution is 2.39. The third-order valence-electron chi connectivity index (χ3n) is 7.41. The third-order valence-corrected chi connectivity index (χ3v) is 7.41. The summed E-state index contributed by atoms with van der Waals surface area (Å²) in [7, 11) is 0. The molecule has 4 unspecified atom stereocenters. The lowest BCUT2D eigenvalue weighted by molar-refractivity contribution is -0.0766. The summed E-state index contributed by atoms with van der Waals surface area (Å²) in [5.74, 6) is 2.43. The maximum absolute atomic E-state index is 12.2. The Bertz CT molecular complexity index is 1210. The molecule has 3 rings (SSSR count). The van der Waals surface area contributed by atoms with Gasteiger partial charge in [0.05, 0.1) is 0 Å². The fourth-order valence-corrected chi connectivity index (χ4v) is 5.18. The summed E-state index contributed by atoms with van der Waals surface area (Å²) in [6, 6.07) is 23.7. The number of phenols is 1. The van der Waals surface area contributed by atoms with Crippen LogP contribution in [0.5, 0.6) is 17.2 Å². The van der Waals surface area contributed by atoms with E-state index in [1.165, 1.54) is 16.7 Å². The molecule has 42 heavy (non-hydrogen) atoms. The molecule has 0 heterocycles. The van der Waals surface area contributed by atoms with E-state index in [4.69, 9.17) is 18.9 Å². The molecule has 6 heteroatoms. The van der Waals surface area contributed by atoms with Crippen molar-refractivity contribution >= 4 is 6.16 Å². The van der Waals surface area contributed by atoms with Crippen molar-refractivity contribution in [1.82, 2.24) is 0 Å². The average molecular weight is 577 g/mol. The molecule has 0 spiro atoms. The summed E-state index contributed by atoms with van der Waals surface area (Å²) in [6.07, 6.45) is 2.73. The van der Waals surface area contributed by atoms with Crippen LogP contribution in [0.3, 0.4) is 0 Å². The van der Waals surface area contributed by atoms with Crippen molar-refractivity contribution in [2.75, 3.05) is 6.61 Å². The molecule has 0 aliphatic carbocycles. The first-order chi connectivity index (χ1) is 20.0. The molecule has 6 nitrogen and oxygen atoms in total. The van der Waals surface area contributed by atoms with Crippen LogP contribution < -0.4 is 9.47 Å². The van der Waals surface area contributed by atoms with Crippen LogP contribution in [0.25, 0.3) is 0 Å². The van der Waals surface area contributed by atoms with E-state index in [0.717, 1.165) is 31.4 Å². The molecule has 228 valence electrons. The van der Waals surface area contributed by atoms with Crippen LogP contribution in [0.4, 0.5) is 4.79 Å². The van der Waals surface area contributed by atoms with Gasteiger partial charge in [0.1, 0.15) is 22.8 Å². The number of hydrogen-bond acceptors (Lipinski definition) is 6. The zero-order valence-electron chi connectivity index (χ0n) is 26.3. The van der Waals surface area contributed by atoms with Crippen molar-refractivity contribution in [3.8, 4) is 17.2 Å². The summed E-state index contributed by atoms with van der Waals surface area (Å²) < 4.78 is 22.4. The Labute approximate surface area is 252 Å². The van der Waals surface area contributed by atoms with Crippen LogP contribution in [0.2, 0.25) is 0 Å². The van der Waals surface area contributed by atoms with Crippen molar-refractivity contribution < 1.29 is 28.8 Å². The van der Waals surface area contributed by atoms with Crippen molar-refractivity contribution in [3.05, 3.63) is 89.5 Å². The second-order valence-corrected chi connectivity index (χ2v) is 11.9. The predicted molar refractivity (Wildman–Crippen MR) is 168 cm³/mol. The minimum Gasteiger partial charge on any atom is -0.508 e. The van der Waals surface area contributed by atoms with Crippen molar-refractivity contribution in [2.45, 2.75) is 104 Å². The first-order valence-corrected chi connectivity index (χ1v) is 15.2. The van der Waals surface area contributed by atoms with Crippen LogP contribution in [-0.4, -0.2) is 29.8 Å². The fraction of sp³-hybridized carbons (Fsp3) is 0.472. The fourth-order valence-electron chi connectivity index (χ4n) is 5.18. The highest BCUT2D eigenvalue weighted by molar-refractivity contribution is 5.64. The largest absolute Gasteiger partial charge is 0.514 e. The van der Waals surface area contributed by atoms with Gasteiger partial charge in [0.15, 0.2) is 6.29 Å². The molecule has 4 atom stereocenters. The van der Waals surface area contributed by atoms with Crippen molar-refractivity contribution in [1.29, 1.82) is 0 Å². The molecule has 1 N–H and O–H groups in total. The van der Waals surface area contributed by atoms with E-state index in [-0.39, 0.29) is 23.9 Å². The topological polar surface area (TPSA) is 74.2 Å². The Kier molecular flexibility index (Phi) is 12.3. The summed E-state index contributed by atoms with van der Waals surface area (Å²) >= 11 is 0. The highest BCUT2D eigenvalue weighted by atomic mass is 16.7. The van der Waals surface area contributed by atoms with Crippen LogP contribution in [0.15, 0.2) is 72.8 Å². The molecule has 0 radical (unpaired) electrons. The standard InChI is InChI=1S/C36H48O6/c1-8-26(28-13-19-32(20-14-28)40-34(9-2)39-10-3)24-30(23-25(4)27-11-17-31(37)18-12-27)29-15-21-33(22-16-29)41-35(38)42-36(5,6)7/h11-22,25-26,30,34,37H,8-10,23-24H2,1-7H3. The zero-order chi connectivity index (χ0) is 30.7. The van der Waals surface area contributed by atoms with E-state index < -0.39 is 11.8 Å².